The lowest BCUT2D eigenvalue weighted by atomic mass is 10.1. The van der Waals surface area contributed by atoms with E-state index in [-0.39, 0.29) is 29.7 Å². The van der Waals surface area contributed by atoms with E-state index in [4.69, 9.17) is 22.9 Å². The molecule has 29 heavy (non-hydrogen) atoms. The normalized spacial score (nSPS) is 12.4. The predicted octanol–water partition coefficient (Wildman–Crippen LogP) is 7.47. The van der Waals surface area contributed by atoms with Crippen molar-refractivity contribution in [1.29, 1.82) is 0 Å². The van der Waals surface area contributed by atoms with Gasteiger partial charge in [0.05, 0.1) is 0 Å². The lowest BCUT2D eigenvalue weighted by Crippen LogP contribution is -2.13. The van der Waals surface area contributed by atoms with E-state index in [0.29, 0.717) is 24.2 Å². The number of unbranched alkanes of at least 4 members (excludes halogenated alkanes) is 2. The molecule has 190 valence electrons. The van der Waals surface area contributed by atoms with Gasteiger partial charge in [0, 0.05) is 24.2 Å². The molecule has 0 aliphatic rings. The Kier molecular flexibility index (Phi) is 82.0. The van der Waals surface area contributed by atoms with Crippen LogP contribution in [0.2, 0.25) is 0 Å². The fourth-order valence-electron chi connectivity index (χ4n) is 1.63. The maximum atomic E-state index is 5.53. The van der Waals surface area contributed by atoms with Crippen LogP contribution >= 0.6 is 0 Å². The van der Waals surface area contributed by atoms with Crippen molar-refractivity contribution in [3.63, 3.8) is 0 Å². The molecule has 0 bridgehead atoms. The molecule has 0 radical (unpaired) electrons. The first-order chi connectivity index (χ1) is 11.6. The number of rotatable bonds is 9. The smallest absolute Gasteiger partial charge is 0.00104 e. The molecule has 0 aromatic carbocycles. The second-order valence-corrected chi connectivity index (χ2v) is 7.39. The Balaban J connectivity index is -0.0000000327. The Morgan fingerprint density at radius 2 is 0.724 bits per heavy atom. The molecule has 0 heterocycles. The number of nitrogens with two attached hydrogens (primary N) is 4. The number of hydrogen-bond donors (Lipinski definition) is 4. The Morgan fingerprint density at radius 3 is 0.828 bits per heavy atom. The first kappa shape index (κ1) is 51.5. The summed E-state index contributed by atoms with van der Waals surface area (Å²) in [5, 5.41) is 0. The van der Waals surface area contributed by atoms with Crippen LogP contribution in [0.25, 0.3) is 0 Å². The van der Waals surface area contributed by atoms with Crippen molar-refractivity contribution in [2.75, 3.05) is 0 Å². The molecule has 0 aromatic heterocycles. The van der Waals surface area contributed by atoms with Gasteiger partial charge >= 0.3 is 0 Å². The predicted molar refractivity (Wildman–Crippen MR) is 146 cm³/mol. The monoisotopic (exact) mass is 427 g/mol. The zero-order valence-electron chi connectivity index (χ0n) is 19.0. The van der Waals surface area contributed by atoms with Crippen LogP contribution in [0, 0.1) is 0 Å². The van der Waals surface area contributed by atoms with E-state index in [1.165, 1.54) is 38.5 Å². The average molecular weight is 427 g/mol. The van der Waals surface area contributed by atoms with Crippen LogP contribution in [-0.2, 0) is 0 Å². The highest BCUT2D eigenvalue weighted by Crippen LogP contribution is 1.99. The maximum Gasteiger partial charge on any atom is 0.00104 e. The van der Waals surface area contributed by atoms with Gasteiger partial charge < -0.3 is 22.9 Å². The minimum absolute atomic E-state index is 0. The molecule has 0 saturated heterocycles. The van der Waals surface area contributed by atoms with Crippen LogP contribution < -0.4 is 22.9 Å². The topological polar surface area (TPSA) is 104 Å². The lowest BCUT2D eigenvalue weighted by Gasteiger charge is -2.01. The molecule has 8 N–H and O–H groups in total. The fraction of sp³-hybridized carbons (Fsp3) is 1.00. The second kappa shape index (κ2) is 46.2. The van der Waals surface area contributed by atoms with Crippen molar-refractivity contribution in [2.24, 2.45) is 22.9 Å². The van der Waals surface area contributed by atoms with Gasteiger partial charge in [-0.3, -0.25) is 0 Å². The maximum absolute atomic E-state index is 5.53. The Hall–Kier alpha value is -0.160. The van der Waals surface area contributed by atoms with Crippen LogP contribution in [0.4, 0.5) is 0 Å². The second-order valence-electron chi connectivity index (χ2n) is 7.39. The Labute approximate surface area is 190 Å². The van der Waals surface area contributed by atoms with E-state index < -0.39 is 0 Å². The number of hydrogen-bond acceptors (Lipinski definition) is 4. The largest absolute Gasteiger partial charge is 0.328 e. The molecule has 0 rings (SSSR count). The van der Waals surface area contributed by atoms with Crippen LogP contribution in [0.3, 0.4) is 0 Å². The Bertz CT molecular complexity index is 183. The average Bonchev–Trinajstić information content (AvgIpc) is 2.48. The van der Waals surface area contributed by atoms with Gasteiger partial charge in [0.2, 0.25) is 0 Å². The minimum atomic E-state index is 0. The summed E-state index contributed by atoms with van der Waals surface area (Å²) in [6, 6.07) is 1.58. The highest BCUT2D eigenvalue weighted by molar-refractivity contribution is 4.51. The molecular weight excluding hydrogens is 356 g/mol. The van der Waals surface area contributed by atoms with Gasteiger partial charge in [-0.15, -0.1) is 0 Å². The van der Waals surface area contributed by atoms with Gasteiger partial charge in [0.25, 0.3) is 0 Å². The molecule has 0 aliphatic heterocycles. The highest BCUT2D eigenvalue weighted by Gasteiger charge is 1.90. The third-order valence-electron chi connectivity index (χ3n) is 3.40. The third kappa shape index (κ3) is 113. The van der Waals surface area contributed by atoms with Gasteiger partial charge in [0.15, 0.2) is 0 Å². The minimum Gasteiger partial charge on any atom is -0.328 e. The van der Waals surface area contributed by atoms with Gasteiger partial charge in [-0.2, -0.15) is 0 Å². The van der Waals surface area contributed by atoms with Gasteiger partial charge in [0.1, 0.15) is 0 Å². The quantitative estimate of drug-likeness (QED) is 0.287. The van der Waals surface area contributed by atoms with Crippen LogP contribution in [-0.4, -0.2) is 24.2 Å². The van der Waals surface area contributed by atoms with E-state index in [1.807, 2.05) is 20.8 Å². The van der Waals surface area contributed by atoms with Crippen molar-refractivity contribution in [3.05, 3.63) is 0 Å². The molecule has 0 amide bonds. The van der Waals surface area contributed by atoms with E-state index in [0.717, 1.165) is 19.3 Å². The summed E-state index contributed by atoms with van der Waals surface area (Å²) in [6.45, 7) is 16.7. The summed E-state index contributed by atoms with van der Waals surface area (Å²) >= 11 is 0. The summed E-state index contributed by atoms with van der Waals surface area (Å²) in [7, 11) is 0. The highest BCUT2D eigenvalue weighted by atomic mass is 14.6. The van der Waals surface area contributed by atoms with Crippen LogP contribution in [0.15, 0.2) is 0 Å². The lowest BCUT2D eigenvalue weighted by molar-refractivity contribution is 0.592. The molecule has 4 atom stereocenters. The zero-order valence-corrected chi connectivity index (χ0v) is 19.0. The molecule has 0 aromatic rings. The summed E-state index contributed by atoms with van der Waals surface area (Å²) in [4.78, 5) is 0. The van der Waals surface area contributed by atoms with E-state index >= 15 is 0 Å². The SMILES string of the molecule is C.C.C.C.CCC(C)N.CCCC(C)N.CCCC(C)N.CCCCCC(C)N. The molecule has 0 spiro atoms. The molecule has 4 nitrogen and oxygen atoms in total. The van der Waals surface area contributed by atoms with Crippen molar-refractivity contribution in [3.8, 4) is 0 Å². The van der Waals surface area contributed by atoms with Crippen molar-refractivity contribution < 1.29 is 0 Å². The van der Waals surface area contributed by atoms with E-state index in [9.17, 15) is 0 Å². The first-order valence-corrected chi connectivity index (χ1v) is 10.6. The summed E-state index contributed by atoms with van der Waals surface area (Å²) in [6.07, 6.45) is 10.9. The van der Waals surface area contributed by atoms with Crippen molar-refractivity contribution in [1.82, 2.24) is 0 Å². The van der Waals surface area contributed by atoms with Gasteiger partial charge in [-0.25, -0.2) is 0 Å². The van der Waals surface area contributed by atoms with E-state index in [2.05, 4.69) is 34.6 Å². The van der Waals surface area contributed by atoms with Crippen LogP contribution in [0.5, 0.6) is 0 Å². The molecule has 0 saturated carbocycles. The summed E-state index contributed by atoms with van der Waals surface area (Å²) in [5.74, 6) is 0. The van der Waals surface area contributed by atoms with E-state index in [1.54, 1.807) is 0 Å². The summed E-state index contributed by atoms with van der Waals surface area (Å²) < 4.78 is 0. The zero-order chi connectivity index (χ0) is 20.7. The van der Waals surface area contributed by atoms with Gasteiger partial charge in [-0.05, 0) is 53.4 Å². The first-order valence-electron chi connectivity index (χ1n) is 10.6. The van der Waals surface area contributed by atoms with Crippen LogP contribution in [0.1, 0.15) is 143 Å². The molecular formula is C25H70N4. The Morgan fingerprint density at radius 1 is 0.448 bits per heavy atom. The van der Waals surface area contributed by atoms with Gasteiger partial charge in [-0.1, -0.05) is 89.5 Å². The summed E-state index contributed by atoms with van der Waals surface area (Å²) in [5.41, 5.74) is 21.6. The molecule has 0 aliphatic carbocycles. The van der Waals surface area contributed by atoms with Crippen molar-refractivity contribution >= 4 is 0 Å². The molecule has 4 unspecified atom stereocenters. The molecule has 4 heteroatoms. The standard InChI is InChI=1S/C7H17N.2C5H13N.C4H11N.4CH4/c1-3-4-5-6-7(2)8;2*1-3-4-5(2)6;1-3-4(2)5;;;;/h7H,3-6,8H2,1-2H3;2*5H,3-4,6H2,1-2H3;4H,3,5H2,1-2H3;4*1H4. The fourth-order valence-corrected chi connectivity index (χ4v) is 1.63. The third-order valence-corrected chi connectivity index (χ3v) is 3.40. The molecule has 0 fully saturated rings. The van der Waals surface area contributed by atoms with Crippen molar-refractivity contribution in [2.45, 2.75) is 167 Å².